The molecule has 2 aromatic carbocycles. The minimum atomic E-state index is -0.404. The van der Waals surface area contributed by atoms with Gasteiger partial charge in [-0.2, -0.15) is 0 Å². The number of nitrogens with zero attached hydrogens (tertiary/aromatic N) is 3. The molecule has 0 bridgehead atoms. The van der Waals surface area contributed by atoms with Crippen LogP contribution < -0.4 is 15.4 Å². The summed E-state index contributed by atoms with van der Waals surface area (Å²) in [4.78, 5) is 25.3. The molecule has 3 aromatic rings. The quantitative estimate of drug-likeness (QED) is 0.311. The zero-order chi connectivity index (χ0) is 24.7. The van der Waals surface area contributed by atoms with Crippen LogP contribution in [0.4, 0.5) is 5.69 Å². The smallest absolute Gasteiger partial charge is 0.252 e. The molecule has 0 spiro atoms. The number of methoxy groups -OCH3 is 1. The van der Waals surface area contributed by atoms with E-state index in [1.165, 1.54) is 18.9 Å². The van der Waals surface area contributed by atoms with Crippen molar-refractivity contribution < 1.29 is 14.3 Å². The molecule has 0 radical (unpaired) electrons. The summed E-state index contributed by atoms with van der Waals surface area (Å²) in [6.45, 7) is 7.95. The van der Waals surface area contributed by atoms with E-state index in [-0.39, 0.29) is 17.6 Å². The number of nitrogens with one attached hydrogen (secondary N) is 2. The van der Waals surface area contributed by atoms with Crippen molar-refractivity contribution in [2.75, 3.05) is 18.2 Å². The summed E-state index contributed by atoms with van der Waals surface area (Å²) in [5.74, 6) is 0.734. The van der Waals surface area contributed by atoms with E-state index in [0.717, 1.165) is 5.56 Å². The maximum Gasteiger partial charge on any atom is 0.252 e. The molecule has 10 heteroatoms. The molecule has 0 saturated carbocycles. The molecule has 178 valence electrons. The Balaban J connectivity index is 1.69. The van der Waals surface area contributed by atoms with Gasteiger partial charge in [0.15, 0.2) is 11.0 Å². The van der Waals surface area contributed by atoms with Crippen molar-refractivity contribution in [2.45, 2.75) is 31.6 Å². The zero-order valence-corrected chi connectivity index (χ0v) is 20.7. The van der Waals surface area contributed by atoms with Crippen molar-refractivity contribution in [3.8, 4) is 5.75 Å². The first-order chi connectivity index (χ1) is 16.3. The molecule has 1 atom stereocenters. The number of ether oxygens (including phenoxy) is 1. The Morgan fingerprint density at radius 1 is 1.26 bits per heavy atom. The number of aryl methyl sites for hydroxylation is 1. The van der Waals surface area contributed by atoms with Gasteiger partial charge in [-0.25, -0.2) is 0 Å². The average Bonchev–Trinajstić information content (AvgIpc) is 3.21. The molecule has 1 heterocycles. The number of hydrogen-bond acceptors (Lipinski definition) is 6. The first-order valence-electron chi connectivity index (χ1n) is 10.5. The van der Waals surface area contributed by atoms with Gasteiger partial charge in [0.2, 0.25) is 5.91 Å². The summed E-state index contributed by atoms with van der Waals surface area (Å²) in [5, 5.41) is 15.3. The Morgan fingerprint density at radius 2 is 2.03 bits per heavy atom. The van der Waals surface area contributed by atoms with E-state index in [1.807, 2.05) is 36.6 Å². The minimum absolute atomic E-state index is 0.0922. The summed E-state index contributed by atoms with van der Waals surface area (Å²) in [7, 11) is 1.52. The highest BCUT2D eigenvalue weighted by Gasteiger charge is 2.21. The summed E-state index contributed by atoms with van der Waals surface area (Å²) in [5.41, 5.74) is 1.98. The molecule has 3 rings (SSSR count). The van der Waals surface area contributed by atoms with Gasteiger partial charge in [0, 0.05) is 17.1 Å². The first kappa shape index (κ1) is 25.3. The van der Waals surface area contributed by atoms with Crippen LogP contribution in [0, 0.1) is 6.92 Å². The van der Waals surface area contributed by atoms with Gasteiger partial charge >= 0.3 is 0 Å². The number of anilines is 1. The molecular formula is C24H26ClN5O3S. The number of hydrogen-bond donors (Lipinski definition) is 2. The highest BCUT2D eigenvalue weighted by atomic mass is 35.5. The monoisotopic (exact) mass is 499 g/mol. The maximum atomic E-state index is 12.7. The van der Waals surface area contributed by atoms with Gasteiger partial charge in [0.1, 0.15) is 5.75 Å². The predicted molar refractivity (Wildman–Crippen MR) is 135 cm³/mol. The van der Waals surface area contributed by atoms with Crippen LogP contribution in [0.5, 0.6) is 5.75 Å². The summed E-state index contributed by atoms with van der Waals surface area (Å²) < 4.78 is 7.09. The second-order valence-electron chi connectivity index (χ2n) is 7.43. The molecule has 1 unspecified atom stereocenters. The summed E-state index contributed by atoms with van der Waals surface area (Å²) in [6, 6.07) is 12.0. The number of allylic oxidation sites excluding steroid dienone is 1. The fourth-order valence-corrected chi connectivity index (χ4v) is 4.22. The fraction of sp³-hybridized carbons (Fsp3) is 0.250. The molecule has 34 heavy (non-hydrogen) atoms. The number of rotatable bonds is 10. The Hall–Kier alpha value is -3.30. The van der Waals surface area contributed by atoms with Gasteiger partial charge in [0.25, 0.3) is 5.91 Å². The molecular weight excluding hydrogens is 474 g/mol. The molecule has 8 nitrogen and oxygen atoms in total. The van der Waals surface area contributed by atoms with Gasteiger partial charge < -0.3 is 19.9 Å². The van der Waals surface area contributed by atoms with Crippen molar-refractivity contribution >= 4 is 40.9 Å². The van der Waals surface area contributed by atoms with Crippen molar-refractivity contribution in [3.05, 3.63) is 77.1 Å². The van der Waals surface area contributed by atoms with Crippen LogP contribution in [-0.2, 0) is 11.3 Å². The van der Waals surface area contributed by atoms with E-state index in [1.54, 1.807) is 30.3 Å². The van der Waals surface area contributed by atoms with Crippen molar-refractivity contribution in [1.82, 2.24) is 20.1 Å². The molecule has 0 aliphatic rings. The third-order valence-corrected chi connectivity index (χ3v) is 6.15. The normalized spacial score (nSPS) is 11.5. The van der Waals surface area contributed by atoms with Crippen LogP contribution in [0.2, 0.25) is 5.02 Å². The lowest BCUT2D eigenvalue weighted by atomic mass is 10.1. The van der Waals surface area contributed by atoms with Crippen molar-refractivity contribution in [1.29, 1.82) is 0 Å². The van der Waals surface area contributed by atoms with Gasteiger partial charge in [-0.05, 0) is 43.7 Å². The van der Waals surface area contributed by atoms with Gasteiger partial charge in [0.05, 0.1) is 24.6 Å². The van der Waals surface area contributed by atoms with Gasteiger partial charge in [-0.3, -0.25) is 9.59 Å². The van der Waals surface area contributed by atoms with Crippen LogP contribution in [-0.4, -0.2) is 39.4 Å². The third-order valence-electron chi connectivity index (χ3n) is 4.95. The zero-order valence-electron chi connectivity index (χ0n) is 19.2. The Labute approximate surface area is 207 Å². The molecule has 2 N–H and O–H groups in total. The molecule has 0 saturated heterocycles. The predicted octanol–water partition coefficient (Wildman–Crippen LogP) is 4.66. The van der Waals surface area contributed by atoms with Crippen LogP contribution in [0.3, 0.4) is 0 Å². The highest BCUT2D eigenvalue weighted by Crippen LogP contribution is 2.28. The lowest BCUT2D eigenvalue weighted by Gasteiger charge is -2.16. The van der Waals surface area contributed by atoms with E-state index in [9.17, 15) is 9.59 Å². The number of amides is 2. The highest BCUT2D eigenvalue weighted by molar-refractivity contribution is 7.99. The third kappa shape index (κ3) is 6.18. The number of aromatic nitrogens is 3. The van der Waals surface area contributed by atoms with E-state index >= 15 is 0 Å². The molecule has 0 fully saturated rings. The minimum Gasteiger partial charge on any atom is -0.495 e. The second-order valence-corrected chi connectivity index (χ2v) is 8.81. The molecule has 1 aromatic heterocycles. The lowest BCUT2D eigenvalue weighted by molar-refractivity contribution is -0.113. The molecule has 0 aliphatic heterocycles. The van der Waals surface area contributed by atoms with E-state index in [0.29, 0.717) is 39.5 Å². The second kappa shape index (κ2) is 11.7. The van der Waals surface area contributed by atoms with Crippen molar-refractivity contribution in [2.24, 2.45) is 0 Å². The van der Waals surface area contributed by atoms with Crippen LogP contribution in [0.25, 0.3) is 0 Å². The van der Waals surface area contributed by atoms with E-state index < -0.39 is 6.04 Å². The summed E-state index contributed by atoms with van der Waals surface area (Å²) in [6.07, 6.45) is 1.71. The van der Waals surface area contributed by atoms with Crippen LogP contribution in [0.1, 0.15) is 34.7 Å². The number of carbonyl (C=O) groups is 2. The average molecular weight is 500 g/mol. The van der Waals surface area contributed by atoms with Gasteiger partial charge in [-0.15, -0.1) is 16.8 Å². The maximum absolute atomic E-state index is 12.7. The van der Waals surface area contributed by atoms with Crippen LogP contribution in [0.15, 0.2) is 60.3 Å². The Bertz CT molecular complexity index is 1200. The molecule has 0 aliphatic carbocycles. The van der Waals surface area contributed by atoms with Crippen molar-refractivity contribution in [3.63, 3.8) is 0 Å². The van der Waals surface area contributed by atoms with E-state index in [2.05, 4.69) is 27.4 Å². The topological polar surface area (TPSA) is 98.1 Å². The fourth-order valence-electron chi connectivity index (χ4n) is 3.29. The lowest BCUT2D eigenvalue weighted by Crippen LogP contribution is -2.29. The Kier molecular flexibility index (Phi) is 8.72. The largest absolute Gasteiger partial charge is 0.495 e. The molecule has 2 amide bonds. The Morgan fingerprint density at radius 3 is 2.74 bits per heavy atom. The van der Waals surface area contributed by atoms with E-state index in [4.69, 9.17) is 16.3 Å². The summed E-state index contributed by atoms with van der Waals surface area (Å²) >= 11 is 7.26. The number of halogens is 1. The number of thioether (sulfide) groups is 1. The first-order valence-corrected chi connectivity index (χ1v) is 11.9. The number of carbonyl (C=O) groups excluding carboxylic acids is 2. The SMILES string of the molecule is C=CCn1c(SCC(=O)Nc2cc(Cl)ccc2OC)nnc1C(C)NC(=O)c1ccccc1C. The van der Waals surface area contributed by atoms with Gasteiger partial charge in [-0.1, -0.05) is 47.6 Å². The van der Waals surface area contributed by atoms with Crippen LogP contribution >= 0.6 is 23.4 Å². The number of benzene rings is 2. The standard InChI is InChI=1S/C24H26ClN5O3S/c1-5-12-30-22(16(3)26-23(32)18-9-7-6-8-15(18)2)28-29-24(30)34-14-21(31)27-19-13-17(25)10-11-20(19)33-4/h5-11,13,16H,1,12,14H2,2-4H3,(H,26,32)(H,27,31).